The van der Waals surface area contributed by atoms with E-state index in [9.17, 15) is 11.1 Å². The molecule has 2 aliphatic rings. The molecule has 4 aromatic rings. The Bertz CT molecular complexity index is 1340. The van der Waals surface area contributed by atoms with Crippen molar-refractivity contribution in [3.05, 3.63) is 118 Å². The van der Waals surface area contributed by atoms with Crippen molar-refractivity contribution in [2.45, 2.75) is 0 Å². The molecular weight excluding hydrogens is 500 g/mol. The average molecular weight is 516 g/mol. The summed E-state index contributed by atoms with van der Waals surface area (Å²) in [5.74, 6) is 0. The van der Waals surface area contributed by atoms with Crippen LogP contribution < -0.4 is 14.4 Å². The third kappa shape index (κ3) is 1.54. The molecular formula is C24H16N6Te. The number of nitrogens with zero attached hydrogens (tertiary/aromatic N) is 6. The van der Waals surface area contributed by atoms with Crippen molar-refractivity contribution in [3.8, 4) is 22.3 Å². The molecule has 2 heterocycles. The number of rotatable bonds is 2. The van der Waals surface area contributed by atoms with Crippen LogP contribution in [0.5, 0.6) is 0 Å². The van der Waals surface area contributed by atoms with Gasteiger partial charge in [-0.25, -0.2) is 0 Å². The van der Waals surface area contributed by atoms with Gasteiger partial charge in [-0.15, -0.1) is 0 Å². The van der Waals surface area contributed by atoms with E-state index in [2.05, 4.69) is 9.82 Å². The first-order valence-electron chi connectivity index (χ1n) is 9.79. The zero-order valence-electron chi connectivity index (χ0n) is 16.3. The Morgan fingerprint density at radius 1 is 0.452 bits per heavy atom. The molecule has 148 valence electrons. The number of hydrogen-bond acceptors (Lipinski definition) is 2. The minimum atomic E-state index is -6.10. The third-order valence-electron chi connectivity index (χ3n) is 6.71. The van der Waals surface area contributed by atoms with Gasteiger partial charge in [0.25, 0.3) is 0 Å². The molecule has 0 radical (unpaired) electrons. The van der Waals surface area contributed by atoms with E-state index < -0.39 is 16.0 Å². The molecule has 6 rings (SSSR count). The average Bonchev–Trinajstić information content (AvgIpc) is 3.20. The summed E-state index contributed by atoms with van der Waals surface area (Å²) in [6, 6.07) is 31.7. The van der Waals surface area contributed by atoms with Gasteiger partial charge in [-0.2, -0.15) is 0 Å². The number of hydrogen-bond donors (Lipinski definition) is 0. The van der Waals surface area contributed by atoms with Gasteiger partial charge in [-0.1, -0.05) is 0 Å². The summed E-state index contributed by atoms with van der Waals surface area (Å²) in [4.78, 5) is 6.95. The van der Waals surface area contributed by atoms with Crippen LogP contribution in [0, 0.1) is 0 Å². The van der Waals surface area contributed by atoms with E-state index in [1.807, 2.05) is 97.1 Å². The van der Waals surface area contributed by atoms with Gasteiger partial charge in [0.2, 0.25) is 0 Å². The zero-order chi connectivity index (χ0) is 21.2. The van der Waals surface area contributed by atoms with E-state index in [-0.39, 0.29) is 0 Å². The normalized spacial score (nSPS) is 19.0. The van der Waals surface area contributed by atoms with Gasteiger partial charge in [0.05, 0.1) is 0 Å². The summed E-state index contributed by atoms with van der Waals surface area (Å²) in [6.45, 7) is 0. The molecule has 0 N–H and O–H groups in total. The molecule has 0 atom stereocenters. The van der Waals surface area contributed by atoms with Gasteiger partial charge in [0, 0.05) is 0 Å². The fraction of sp³-hybridized carbons (Fsp3) is 0. The number of benzene rings is 4. The summed E-state index contributed by atoms with van der Waals surface area (Å²) >= 11 is -6.10. The molecule has 0 amide bonds. The second kappa shape index (κ2) is 5.50. The van der Waals surface area contributed by atoms with Crippen LogP contribution in [0.15, 0.2) is 104 Å². The second-order valence-electron chi connectivity index (χ2n) is 7.75. The van der Waals surface area contributed by atoms with Crippen molar-refractivity contribution >= 4 is 30.4 Å². The van der Waals surface area contributed by atoms with Gasteiger partial charge in [-0.05, 0) is 0 Å². The van der Waals surface area contributed by atoms with Crippen LogP contribution in [0.2, 0.25) is 0 Å². The summed E-state index contributed by atoms with van der Waals surface area (Å²) in [6.07, 6.45) is 0. The van der Waals surface area contributed by atoms with E-state index in [4.69, 9.17) is 6.73 Å². The fourth-order valence-electron chi connectivity index (χ4n) is 5.72. The molecule has 7 heteroatoms. The summed E-state index contributed by atoms with van der Waals surface area (Å²) in [5.41, 5.74) is 24.1. The molecule has 2 aliphatic heterocycles. The molecule has 0 fully saturated rings. The molecule has 1 spiro atoms. The van der Waals surface area contributed by atoms with Crippen molar-refractivity contribution in [1.29, 1.82) is 0 Å². The van der Waals surface area contributed by atoms with Crippen LogP contribution in [-0.2, 0) is 0 Å². The number of azide groups is 1. The van der Waals surface area contributed by atoms with Crippen molar-refractivity contribution in [1.82, 2.24) is 0 Å². The molecule has 0 bridgehead atoms. The van der Waals surface area contributed by atoms with E-state index in [1.165, 1.54) is 0 Å². The Morgan fingerprint density at radius 3 is 0.968 bits per heavy atom. The maximum atomic E-state index is 10.2. The standard InChI is InChI=1S/C24H16N6Te/c25-27-29-31(30-28-26,21-13-5-1-9-17(21)18-10-2-6-14-22(18)31)23-15-7-3-11-19(23)20-12-4-8-16-24(20)31/h1-16H. The third-order valence-corrected chi connectivity index (χ3v) is 25.5. The first-order valence-corrected chi connectivity index (χ1v) is 16.5. The van der Waals surface area contributed by atoms with E-state index in [0.717, 1.165) is 36.7 Å². The van der Waals surface area contributed by atoms with Crippen LogP contribution in [0.25, 0.3) is 43.1 Å². The number of fused-ring (bicyclic) bond motifs is 10. The molecule has 6 nitrogen and oxygen atoms in total. The van der Waals surface area contributed by atoms with Gasteiger partial charge in [-0.3, -0.25) is 0 Å². The predicted molar refractivity (Wildman–Crippen MR) is 126 cm³/mol. The molecule has 0 aliphatic carbocycles. The molecule has 0 aromatic heterocycles. The van der Waals surface area contributed by atoms with Gasteiger partial charge in [0.1, 0.15) is 0 Å². The monoisotopic (exact) mass is 518 g/mol. The van der Waals surface area contributed by atoms with Gasteiger partial charge >= 0.3 is 177 Å². The fourth-order valence-corrected chi connectivity index (χ4v) is 25.6. The van der Waals surface area contributed by atoms with E-state index in [0.29, 0.717) is 0 Å². The van der Waals surface area contributed by atoms with E-state index >= 15 is 0 Å². The van der Waals surface area contributed by atoms with Crippen LogP contribution in [0.1, 0.15) is 0 Å². The summed E-state index contributed by atoms with van der Waals surface area (Å²) < 4.78 is 13.0. The SMILES string of the molecule is [N-]=[N+]=N[Te]12(N=[N+]=[N-])(c3ccccc3-c3ccccc31)c1ccccc1-c1ccccc12. The van der Waals surface area contributed by atoms with Crippen LogP contribution >= 0.6 is 0 Å². The Balaban J connectivity index is 2.14. The van der Waals surface area contributed by atoms with Crippen molar-refractivity contribution in [3.63, 3.8) is 0 Å². The first kappa shape index (κ1) is 18.1. The molecule has 0 saturated carbocycles. The Morgan fingerprint density at radius 2 is 0.710 bits per heavy atom. The van der Waals surface area contributed by atoms with Crippen molar-refractivity contribution in [2.24, 2.45) is 6.73 Å². The molecule has 0 saturated heterocycles. The van der Waals surface area contributed by atoms with Crippen molar-refractivity contribution < 1.29 is 0 Å². The Kier molecular flexibility index (Phi) is 3.21. The second-order valence-corrected chi connectivity index (χ2v) is 21.8. The molecule has 0 unspecified atom stereocenters. The van der Waals surface area contributed by atoms with Crippen LogP contribution in [0.4, 0.5) is 0 Å². The first-order chi connectivity index (χ1) is 15.2. The quantitative estimate of drug-likeness (QED) is 0.162. The maximum absolute atomic E-state index is 10.2. The van der Waals surface area contributed by atoms with E-state index in [1.54, 1.807) is 0 Å². The summed E-state index contributed by atoms with van der Waals surface area (Å²) in [7, 11) is 0. The Labute approximate surface area is 176 Å². The summed E-state index contributed by atoms with van der Waals surface area (Å²) in [5, 5.41) is 0. The van der Waals surface area contributed by atoms with Gasteiger partial charge < -0.3 is 0 Å². The molecule has 4 aromatic carbocycles. The van der Waals surface area contributed by atoms with Crippen LogP contribution in [-0.4, -0.2) is 16.0 Å². The predicted octanol–water partition coefficient (Wildman–Crippen LogP) is 4.55. The van der Waals surface area contributed by atoms with Crippen molar-refractivity contribution in [2.75, 3.05) is 0 Å². The zero-order valence-corrected chi connectivity index (χ0v) is 18.7. The Hall–Kier alpha value is -3.71. The topological polar surface area (TPSA) is 97.5 Å². The minimum absolute atomic E-state index is 0.832. The van der Waals surface area contributed by atoms with Gasteiger partial charge in [0.15, 0.2) is 0 Å². The van der Waals surface area contributed by atoms with Crippen LogP contribution in [0.3, 0.4) is 0 Å². The molecule has 31 heavy (non-hydrogen) atoms.